The summed E-state index contributed by atoms with van der Waals surface area (Å²) in [5.41, 5.74) is 0.153. The number of halogens is 4. The Morgan fingerprint density at radius 2 is 1.91 bits per heavy atom. The summed E-state index contributed by atoms with van der Waals surface area (Å²) in [5, 5.41) is 4.57. The lowest BCUT2D eigenvalue weighted by atomic mass is 9.97. The molecule has 9 nitrogen and oxygen atoms in total. The number of thiazole rings is 1. The molecule has 2 aromatic heterocycles. The molecule has 2 aliphatic rings. The highest BCUT2D eigenvalue weighted by Crippen LogP contribution is 2.46. The summed E-state index contributed by atoms with van der Waals surface area (Å²) in [6, 6.07) is 7.99. The normalized spacial score (nSPS) is 18.8. The molecule has 4 aromatic rings. The standard InChI is InChI=1S/C30H27F4N3O6S/c1-3-17-14-18(10-11-37(17)29-35-25-20(31)12-16(27(38)40-2)13-22(25)44-29)41-28(39)23-24(36-43-26(23)15-8-9-15)19-6-4-5-7-21(19)42-30(32,33)34/h4-7,12-13,15,17-18H,3,8-11,14H2,1-2H3/t17-,18-/m0/s1. The molecule has 2 fully saturated rings. The van der Waals surface area contributed by atoms with E-state index in [-0.39, 0.29) is 39.9 Å². The smallest absolute Gasteiger partial charge is 0.465 e. The number of alkyl halides is 3. The number of piperidine rings is 1. The quantitative estimate of drug-likeness (QED) is 0.147. The first-order valence-corrected chi connectivity index (χ1v) is 14.9. The lowest BCUT2D eigenvalue weighted by Crippen LogP contribution is -2.45. The molecule has 14 heteroatoms. The van der Waals surface area contributed by atoms with Crippen molar-refractivity contribution in [1.29, 1.82) is 0 Å². The van der Waals surface area contributed by atoms with Gasteiger partial charge in [0.2, 0.25) is 0 Å². The van der Waals surface area contributed by atoms with Crippen molar-refractivity contribution in [3.05, 3.63) is 59.1 Å². The minimum absolute atomic E-state index is 0.00395. The van der Waals surface area contributed by atoms with Crippen LogP contribution in [0, 0.1) is 5.82 Å². The first-order chi connectivity index (χ1) is 21.1. The van der Waals surface area contributed by atoms with E-state index in [4.69, 9.17) is 14.0 Å². The molecule has 0 bridgehead atoms. The zero-order valence-electron chi connectivity index (χ0n) is 23.7. The van der Waals surface area contributed by atoms with Gasteiger partial charge in [-0.3, -0.25) is 0 Å². The Bertz CT molecular complexity index is 1720. The lowest BCUT2D eigenvalue weighted by molar-refractivity contribution is -0.274. The largest absolute Gasteiger partial charge is 0.573 e. The predicted octanol–water partition coefficient (Wildman–Crippen LogP) is 7.26. The van der Waals surface area contributed by atoms with Gasteiger partial charge in [-0.25, -0.2) is 19.0 Å². The molecule has 0 radical (unpaired) electrons. The molecule has 0 amide bonds. The molecule has 44 heavy (non-hydrogen) atoms. The molecule has 2 aromatic carbocycles. The van der Waals surface area contributed by atoms with Crippen LogP contribution in [0.5, 0.6) is 5.75 Å². The number of nitrogens with zero attached hydrogens (tertiary/aromatic N) is 3. The fourth-order valence-electron chi connectivity index (χ4n) is 5.49. The van der Waals surface area contributed by atoms with Gasteiger partial charge in [0.1, 0.15) is 28.6 Å². The molecule has 232 valence electrons. The van der Waals surface area contributed by atoms with Gasteiger partial charge in [-0.1, -0.05) is 35.5 Å². The highest BCUT2D eigenvalue weighted by atomic mass is 32.1. The van der Waals surface area contributed by atoms with Gasteiger partial charge < -0.3 is 23.6 Å². The number of rotatable bonds is 8. The Hall–Kier alpha value is -4.20. The number of carbonyl (C=O) groups excluding carboxylic acids is 2. The third-order valence-electron chi connectivity index (χ3n) is 7.76. The number of methoxy groups -OCH3 is 1. The third kappa shape index (κ3) is 5.94. The van der Waals surface area contributed by atoms with Gasteiger partial charge in [0.05, 0.1) is 17.4 Å². The van der Waals surface area contributed by atoms with E-state index < -0.39 is 36.0 Å². The van der Waals surface area contributed by atoms with E-state index >= 15 is 0 Å². The number of anilines is 1. The van der Waals surface area contributed by atoms with Crippen LogP contribution in [0.1, 0.15) is 71.4 Å². The molecule has 6 rings (SSSR count). The maximum Gasteiger partial charge on any atom is 0.573 e. The monoisotopic (exact) mass is 633 g/mol. The number of carbonyl (C=O) groups is 2. The van der Waals surface area contributed by atoms with Crippen LogP contribution in [0.3, 0.4) is 0 Å². The molecule has 1 aliphatic carbocycles. The SMILES string of the molecule is CC[C@H]1C[C@@H](OC(=O)c2c(-c3ccccc3OC(F)(F)F)noc2C2CC2)CCN1c1nc2c(F)cc(C(=O)OC)cc2s1. The average Bonchev–Trinajstić information content (AvgIpc) is 3.58. The van der Waals surface area contributed by atoms with Crippen LogP contribution in [-0.2, 0) is 9.47 Å². The van der Waals surface area contributed by atoms with Crippen LogP contribution in [0.2, 0.25) is 0 Å². The average molecular weight is 634 g/mol. The van der Waals surface area contributed by atoms with Gasteiger partial charge in [0.15, 0.2) is 16.7 Å². The van der Waals surface area contributed by atoms with Gasteiger partial charge >= 0.3 is 18.3 Å². The number of esters is 2. The summed E-state index contributed by atoms with van der Waals surface area (Å²) in [6.07, 6.45) is -2.37. The van der Waals surface area contributed by atoms with Gasteiger partial charge in [-0.15, -0.1) is 13.2 Å². The summed E-state index contributed by atoms with van der Waals surface area (Å²) < 4.78 is 75.0. The first kappa shape index (κ1) is 29.9. The molecule has 1 saturated carbocycles. The Balaban J connectivity index is 1.23. The van der Waals surface area contributed by atoms with E-state index in [0.29, 0.717) is 41.4 Å². The van der Waals surface area contributed by atoms with E-state index in [2.05, 4.69) is 14.9 Å². The minimum atomic E-state index is -4.94. The Kier molecular flexibility index (Phi) is 7.95. The Morgan fingerprint density at radius 3 is 2.61 bits per heavy atom. The second-order valence-corrected chi connectivity index (χ2v) is 11.7. The first-order valence-electron chi connectivity index (χ1n) is 14.1. The van der Waals surface area contributed by atoms with Crippen molar-refractivity contribution >= 4 is 38.6 Å². The third-order valence-corrected chi connectivity index (χ3v) is 8.79. The molecule has 0 spiro atoms. The van der Waals surface area contributed by atoms with Crippen molar-refractivity contribution in [3.8, 4) is 17.0 Å². The minimum Gasteiger partial charge on any atom is -0.465 e. The second-order valence-electron chi connectivity index (χ2n) is 10.7. The van der Waals surface area contributed by atoms with E-state index in [1.54, 1.807) is 6.07 Å². The molecule has 1 saturated heterocycles. The van der Waals surface area contributed by atoms with Crippen molar-refractivity contribution in [3.63, 3.8) is 0 Å². The van der Waals surface area contributed by atoms with Crippen molar-refractivity contribution < 1.29 is 45.9 Å². The van der Waals surface area contributed by atoms with Crippen LogP contribution < -0.4 is 9.64 Å². The molecular weight excluding hydrogens is 606 g/mol. The summed E-state index contributed by atoms with van der Waals surface area (Å²) in [7, 11) is 1.23. The number of ether oxygens (including phenoxy) is 3. The van der Waals surface area contributed by atoms with E-state index in [1.165, 1.54) is 36.6 Å². The molecule has 2 atom stereocenters. The van der Waals surface area contributed by atoms with Crippen molar-refractivity contribution in [2.24, 2.45) is 0 Å². The number of aromatic nitrogens is 2. The number of hydrogen-bond acceptors (Lipinski definition) is 10. The fraction of sp³-hybridized carbons (Fsp3) is 0.400. The number of para-hydroxylation sites is 1. The molecule has 3 heterocycles. The highest BCUT2D eigenvalue weighted by Gasteiger charge is 2.40. The maximum atomic E-state index is 14.8. The summed E-state index contributed by atoms with van der Waals surface area (Å²) in [4.78, 5) is 32.1. The van der Waals surface area contributed by atoms with Crippen molar-refractivity contribution in [1.82, 2.24) is 10.1 Å². The topological polar surface area (TPSA) is 104 Å². The zero-order valence-corrected chi connectivity index (χ0v) is 24.5. The van der Waals surface area contributed by atoms with E-state index in [0.717, 1.165) is 25.0 Å². The van der Waals surface area contributed by atoms with Crippen molar-refractivity contribution in [2.75, 3.05) is 18.6 Å². The number of hydrogen-bond donors (Lipinski definition) is 0. The number of fused-ring (bicyclic) bond motifs is 1. The molecule has 1 aliphatic heterocycles. The van der Waals surface area contributed by atoms with Crippen molar-refractivity contribution in [2.45, 2.75) is 63.5 Å². The van der Waals surface area contributed by atoms with Gasteiger partial charge in [0.25, 0.3) is 0 Å². The van der Waals surface area contributed by atoms with Gasteiger partial charge in [-0.05, 0) is 43.5 Å². The van der Waals surface area contributed by atoms with E-state index in [1.807, 2.05) is 11.8 Å². The summed E-state index contributed by atoms with van der Waals surface area (Å²) >= 11 is 1.26. The summed E-state index contributed by atoms with van der Waals surface area (Å²) in [6.45, 7) is 2.43. The Labute approximate surface area is 252 Å². The van der Waals surface area contributed by atoms with Gasteiger partial charge in [0, 0.05) is 36.9 Å². The van der Waals surface area contributed by atoms with Crippen LogP contribution >= 0.6 is 11.3 Å². The van der Waals surface area contributed by atoms with Gasteiger partial charge in [-0.2, -0.15) is 0 Å². The number of benzene rings is 2. The van der Waals surface area contributed by atoms with Crippen LogP contribution in [0.25, 0.3) is 21.5 Å². The molecule has 0 unspecified atom stereocenters. The second kappa shape index (κ2) is 11.7. The fourth-order valence-corrected chi connectivity index (χ4v) is 6.61. The lowest BCUT2D eigenvalue weighted by Gasteiger charge is -2.38. The highest BCUT2D eigenvalue weighted by molar-refractivity contribution is 7.22. The van der Waals surface area contributed by atoms with Crippen LogP contribution in [-0.4, -0.2) is 54.2 Å². The maximum absolute atomic E-state index is 14.8. The predicted molar refractivity (Wildman–Crippen MR) is 151 cm³/mol. The zero-order chi connectivity index (χ0) is 31.2. The molecule has 0 N–H and O–H groups in total. The van der Waals surface area contributed by atoms with Crippen LogP contribution in [0.15, 0.2) is 40.9 Å². The van der Waals surface area contributed by atoms with Crippen LogP contribution in [0.4, 0.5) is 22.7 Å². The van der Waals surface area contributed by atoms with E-state index in [9.17, 15) is 27.2 Å². The Morgan fingerprint density at radius 1 is 1.14 bits per heavy atom. The summed E-state index contributed by atoms with van der Waals surface area (Å²) in [5.74, 6) is -2.28. The molecular formula is C30H27F4N3O6S.